The van der Waals surface area contributed by atoms with E-state index in [1.165, 1.54) is 26.0 Å². The van der Waals surface area contributed by atoms with Gasteiger partial charge in [0, 0.05) is 38.3 Å². The monoisotopic (exact) mass is 295 g/mol. The maximum Gasteiger partial charge on any atom is 0.295 e. The minimum atomic E-state index is -0.704. The van der Waals surface area contributed by atoms with Crippen molar-refractivity contribution in [3.8, 4) is 5.75 Å². The highest BCUT2D eigenvalue weighted by atomic mass is 19.1. The van der Waals surface area contributed by atoms with Crippen molar-refractivity contribution in [2.45, 2.75) is 18.9 Å². The summed E-state index contributed by atoms with van der Waals surface area (Å²) in [5.41, 5.74) is 0.238. The number of anilines is 1. The standard InChI is InChI=1S/C14H18FN3O3/c1-21-14-9-12(13(18(19)20)8-11(14)15)17-6-4-16(5-7-17)10-2-3-10/h8-10H,2-7H2,1H3. The Balaban J connectivity index is 1.84. The molecule has 1 aromatic carbocycles. The number of hydrogen-bond donors (Lipinski definition) is 0. The number of halogens is 1. The molecule has 1 saturated heterocycles. The van der Waals surface area contributed by atoms with E-state index in [1.807, 2.05) is 4.90 Å². The second-order valence-electron chi connectivity index (χ2n) is 5.49. The molecule has 7 heteroatoms. The summed E-state index contributed by atoms with van der Waals surface area (Å²) in [6, 6.07) is 3.08. The Morgan fingerprint density at radius 2 is 1.95 bits per heavy atom. The lowest BCUT2D eigenvalue weighted by Gasteiger charge is -2.36. The van der Waals surface area contributed by atoms with E-state index in [0.717, 1.165) is 19.2 Å². The first-order chi connectivity index (χ1) is 10.1. The highest BCUT2D eigenvalue weighted by molar-refractivity contribution is 5.66. The summed E-state index contributed by atoms with van der Waals surface area (Å²) in [5.74, 6) is -0.662. The first kappa shape index (κ1) is 14.1. The molecule has 2 fully saturated rings. The highest BCUT2D eigenvalue weighted by Gasteiger charge is 2.33. The van der Waals surface area contributed by atoms with E-state index in [1.54, 1.807) is 0 Å². The smallest absolute Gasteiger partial charge is 0.295 e. The van der Waals surface area contributed by atoms with Crippen LogP contribution in [-0.4, -0.2) is 49.2 Å². The molecule has 2 aliphatic rings. The van der Waals surface area contributed by atoms with Crippen LogP contribution in [0.15, 0.2) is 12.1 Å². The van der Waals surface area contributed by atoms with Gasteiger partial charge in [-0.2, -0.15) is 0 Å². The molecule has 1 aliphatic carbocycles. The van der Waals surface area contributed by atoms with Crippen LogP contribution in [0.3, 0.4) is 0 Å². The van der Waals surface area contributed by atoms with Crippen LogP contribution < -0.4 is 9.64 Å². The van der Waals surface area contributed by atoms with Crippen molar-refractivity contribution in [2.24, 2.45) is 0 Å². The average molecular weight is 295 g/mol. The van der Waals surface area contributed by atoms with Gasteiger partial charge in [-0.25, -0.2) is 4.39 Å². The van der Waals surface area contributed by atoms with Gasteiger partial charge in [-0.1, -0.05) is 0 Å². The number of methoxy groups -OCH3 is 1. The van der Waals surface area contributed by atoms with E-state index < -0.39 is 10.7 Å². The van der Waals surface area contributed by atoms with Crippen molar-refractivity contribution in [3.05, 3.63) is 28.1 Å². The third-order valence-corrected chi connectivity index (χ3v) is 4.16. The van der Waals surface area contributed by atoms with Crippen LogP contribution in [0.2, 0.25) is 0 Å². The summed E-state index contributed by atoms with van der Waals surface area (Å²) < 4.78 is 18.6. The number of nitro benzene ring substituents is 1. The van der Waals surface area contributed by atoms with Gasteiger partial charge in [0.2, 0.25) is 0 Å². The quantitative estimate of drug-likeness (QED) is 0.628. The van der Waals surface area contributed by atoms with Crippen LogP contribution in [0.5, 0.6) is 5.75 Å². The second kappa shape index (κ2) is 5.48. The lowest BCUT2D eigenvalue weighted by molar-refractivity contribution is -0.384. The number of nitrogens with zero attached hydrogens (tertiary/aromatic N) is 3. The van der Waals surface area contributed by atoms with Crippen molar-refractivity contribution in [1.82, 2.24) is 4.90 Å². The molecule has 0 unspecified atom stereocenters. The first-order valence-corrected chi connectivity index (χ1v) is 7.11. The zero-order valence-electron chi connectivity index (χ0n) is 11.9. The van der Waals surface area contributed by atoms with Gasteiger partial charge in [0.25, 0.3) is 5.69 Å². The zero-order valence-corrected chi connectivity index (χ0v) is 11.9. The van der Waals surface area contributed by atoms with Crippen molar-refractivity contribution in [1.29, 1.82) is 0 Å². The van der Waals surface area contributed by atoms with Crippen molar-refractivity contribution >= 4 is 11.4 Å². The van der Waals surface area contributed by atoms with Gasteiger partial charge < -0.3 is 9.64 Å². The summed E-state index contributed by atoms with van der Waals surface area (Å²) in [4.78, 5) is 15.0. The molecule has 3 rings (SSSR count). The molecular weight excluding hydrogens is 277 g/mol. The van der Waals surface area contributed by atoms with E-state index in [9.17, 15) is 14.5 Å². The Labute approximate surface area is 122 Å². The van der Waals surface area contributed by atoms with Crippen LogP contribution in [0.25, 0.3) is 0 Å². The van der Waals surface area contributed by atoms with Gasteiger partial charge >= 0.3 is 0 Å². The van der Waals surface area contributed by atoms with Crippen molar-refractivity contribution in [3.63, 3.8) is 0 Å². The third kappa shape index (κ3) is 2.78. The summed E-state index contributed by atoms with van der Waals surface area (Å²) in [5, 5.41) is 11.2. The lowest BCUT2D eigenvalue weighted by atomic mass is 10.2. The number of rotatable bonds is 4. The second-order valence-corrected chi connectivity index (χ2v) is 5.49. The fourth-order valence-electron chi connectivity index (χ4n) is 2.86. The van der Waals surface area contributed by atoms with E-state index in [-0.39, 0.29) is 11.4 Å². The van der Waals surface area contributed by atoms with Crippen LogP contribution in [0.1, 0.15) is 12.8 Å². The third-order valence-electron chi connectivity index (χ3n) is 4.16. The topological polar surface area (TPSA) is 58.8 Å². The van der Waals surface area contributed by atoms with Crippen LogP contribution in [0.4, 0.5) is 15.8 Å². The molecule has 0 aromatic heterocycles. The van der Waals surface area contributed by atoms with E-state index in [2.05, 4.69) is 4.90 Å². The molecule has 1 aliphatic heterocycles. The number of hydrogen-bond acceptors (Lipinski definition) is 5. The average Bonchev–Trinajstić information content (AvgIpc) is 3.32. The predicted octanol–water partition coefficient (Wildman–Crippen LogP) is 2.03. The summed E-state index contributed by atoms with van der Waals surface area (Å²) in [6.07, 6.45) is 2.51. The molecule has 1 saturated carbocycles. The van der Waals surface area contributed by atoms with Crippen LogP contribution in [0, 0.1) is 15.9 Å². The van der Waals surface area contributed by atoms with Gasteiger partial charge in [-0.15, -0.1) is 0 Å². The maximum atomic E-state index is 13.7. The number of ether oxygens (including phenoxy) is 1. The largest absolute Gasteiger partial charge is 0.494 e. The molecule has 0 bridgehead atoms. The molecule has 0 spiro atoms. The number of piperazine rings is 1. The fourth-order valence-corrected chi connectivity index (χ4v) is 2.86. The van der Waals surface area contributed by atoms with Gasteiger partial charge in [0.05, 0.1) is 18.1 Å². The molecule has 114 valence electrons. The molecule has 21 heavy (non-hydrogen) atoms. The fraction of sp³-hybridized carbons (Fsp3) is 0.571. The Kier molecular flexibility index (Phi) is 3.67. The Morgan fingerprint density at radius 3 is 2.48 bits per heavy atom. The Morgan fingerprint density at radius 1 is 1.29 bits per heavy atom. The Bertz CT molecular complexity index is 555. The molecule has 1 aromatic rings. The molecular formula is C14H18FN3O3. The maximum absolute atomic E-state index is 13.7. The SMILES string of the molecule is COc1cc(N2CCN(C3CC3)CC2)c([N+](=O)[O-])cc1F. The lowest BCUT2D eigenvalue weighted by Crippen LogP contribution is -2.47. The van der Waals surface area contributed by atoms with Crippen LogP contribution in [-0.2, 0) is 0 Å². The van der Waals surface area contributed by atoms with Crippen molar-refractivity contribution in [2.75, 3.05) is 38.2 Å². The molecule has 0 radical (unpaired) electrons. The molecule has 0 atom stereocenters. The summed E-state index contributed by atoms with van der Waals surface area (Å²) in [6.45, 7) is 3.21. The van der Waals surface area contributed by atoms with E-state index in [4.69, 9.17) is 4.74 Å². The highest BCUT2D eigenvalue weighted by Crippen LogP contribution is 2.36. The number of benzene rings is 1. The molecule has 1 heterocycles. The zero-order chi connectivity index (χ0) is 15.0. The summed E-state index contributed by atoms with van der Waals surface area (Å²) in [7, 11) is 1.36. The van der Waals surface area contributed by atoms with Crippen molar-refractivity contribution < 1.29 is 14.1 Å². The molecule has 6 nitrogen and oxygen atoms in total. The van der Waals surface area contributed by atoms with Gasteiger partial charge in [-0.05, 0) is 12.8 Å². The van der Waals surface area contributed by atoms with Gasteiger partial charge in [0.1, 0.15) is 5.69 Å². The van der Waals surface area contributed by atoms with E-state index in [0.29, 0.717) is 24.8 Å². The van der Waals surface area contributed by atoms with Gasteiger partial charge in [-0.3, -0.25) is 15.0 Å². The predicted molar refractivity (Wildman–Crippen MR) is 76.4 cm³/mol. The summed E-state index contributed by atoms with van der Waals surface area (Å²) >= 11 is 0. The molecule has 0 amide bonds. The molecule has 0 N–H and O–H groups in total. The normalized spacial score (nSPS) is 19.6. The van der Waals surface area contributed by atoms with Crippen LogP contribution >= 0.6 is 0 Å². The number of nitro groups is 1. The Hall–Kier alpha value is -1.89. The minimum Gasteiger partial charge on any atom is -0.494 e. The first-order valence-electron chi connectivity index (χ1n) is 7.11. The van der Waals surface area contributed by atoms with Gasteiger partial charge in [0.15, 0.2) is 11.6 Å². The van der Waals surface area contributed by atoms with E-state index >= 15 is 0 Å². The minimum absolute atomic E-state index is 0.0419.